The molecule has 1 aliphatic rings. The van der Waals surface area contributed by atoms with Gasteiger partial charge < -0.3 is 5.11 Å². The molecule has 1 atom stereocenters. The Balaban J connectivity index is 2.47. The van der Waals surface area contributed by atoms with Crippen molar-refractivity contribution in [1.82, 2.24) is 10.2 Å². The Morgan fingerprint density at radius 1 is 1.69 bits per heavy atom. The number of fused-ring (bicyclic) bond motifs is 1. The van der Waals surface area contributed by atoms with E-state index in [0.29, 0.717) is 5.92 Å². The molecule has 1 aliphatic carbocycles. The number of carboxylic acids is 1. The molecule has 0 aromatic carbocycles. The normalized spacial score (nSPS) is 21.2. The zero-order valence-corrected chi connectivity index (χ0v) is 7.50. The summed E-state index contributed by atoms with van der Waals surface area (Å²) in [5, 5.41) is 15.5. The average molecular weight is 180 g/mol. The summed E-state index contributed by atoms with van der Waals surface area (Å²) in [5.41, 5.74) is 2.14. The number of hydrogen-bond donors (Lipinski definition) is 2. The van der Waals surface area contributed by atoms with Gasteiger partial charge in [0, 0.05) is 11.3 Å². The molecule has 1 aromatic heterocycles. The summed E-state index contributed by atoms with van der Waals surface area (Å²) >= 11 is 0. The van der Waals surface area contributed by atoms with Crippen molar-refractivity contribution in [2.24, 2.45) is 0 Å². The van der Waals surface area contributed by atoms with E-state index in [-0.39, 0.29) is 5.69 Å². The summed E-state index contributed by atoms with van der Waals surface area (Å²) in [6.07, 6.45) is 3.03. The maximum atomic E-state index is 10.8. The topological polar surface area (TPSA) is 66.0 Å². The first kappa shape index (κ1) is 8.29. The Morgan fingerprint density at radius 2 is 2.46 bits per heavy atom. The van der Waals surface area contributed by atoms with Gasteiger partial charge in [0.2, 0.25) is 0 Å². The Labute approximate surface area is 76.0 Å². The molecule has 0 bridgehead atoms. The van der Waals surface area contributed by atoms with Crippen LogP contribution in [0.15, 0.2) is 0 Å². The zero-order valence-electron chi connectivity index (χ0n) is 7.50. The van der Waals surface area contributed by atoms with E-state index in [1.54, 1.807) is 0 Å². The fraction of sp³-hybridized carbons (Fsp3) is 0.556. The second kappa shape index (κ2) is 2.87. The van der Waals surface area contributed by atoms with Gasteiger partial charge in [0.1, 0.15) is 0 Å². The maximum absolute atomic E-state index is 10.8. The number of rotatable bonds is 1. The lowest BCUT2D eigenvalue weighted by atomic mass is 9.88. The van der Waals surface area contributed by atoms with Crippen molar-refractivity contribution in [1.29, 1.82) is 0 Å². The molecule has 0 unspecified atom stereocenters. The van der Waals surface area contributed by atoms with Crippen LogP contribution in [0.3, 0.4) is 0 Å². The smallest absolute Gasteiger partial charge is 0.356 e. The first-order valence-corrected chi connectivity index (χ1v) is 4.50. The number of nitrogens with zero attached hydrogens (tertiary/aromatic N) is 1. The second-order valence-electron chi connectivity index (χ2n) is 3.56. The number of aromatic carboxylic acids is 1. The number of aromatic amines is 1. The highest BCUT2D eigenvalue weighted by atomic mass is 16.4. The van der Waals surface area contributed by atoms with E-state index in [2.05, 4.69) is 17.1 Å². The Kier molecular flexibility index (Phi) is 1.83. The molecule has 2 rings (SSSR count). The number of carboxylic acid groups (broad SMARTS) is 1. The van der Waals surface area contributed by atoms with E-state index in [1.807, 2.05) is 0 Å². The van der Waals surface area contributed by atoms with Crippen molar-refractivity contribution in [3.8, 4) is 0 Å². The van der Waals surface area contributed by atoms with Crippen LogP contribution in [-0.4, -0.2) is 21.3 Å². The SMILES string of the molecule is C[C@@H]1CCCc2c(C(=O)O)n[nH]c21. The second-order valence-corrected chi connectivity index (χ2v) is 3.56. The van der Waals surface area contributed by atoms with Crippen molar-refractivity contribution in [3.05, 3.63) is 17.0 Å². The van der Waals surface area contributed by atoms with E-state index in [4.69, 9.17) is 5.11 Å². The number of hydrogen-bond acceptors (Lipinski definition) is 2. The number of H-pyrrole nitrogens is 1. The third-order valence-electron chi connectivity index (χ3n) is 2.66. The molecule has 0 spiro atoms. The van der Waals surface area contributed by atoms with Gasteiger partial charge in [-0.2, -0.15) is 5.10 Å². The lowest BCUT2D eigenvalue weighted by Crippen LogP contribution is -2.09. The van der Waals surface area contributed by atoms with Crippen molar-refractivity contribution >= 4 is 5.97 Å². The van der Waals surface area contributed by atoms with Crippen LogP contribution in [0.5, 0.6) is 0 Å². The Morgan fingerprint density at radius 3 is 3.15 bits per heavy atom. The molecule has 0 saturated carbocycles. The van der Waals surface area contributed by atoms with E-state index in [0.717, 1.165) is 30.5 Å². The Hall–Kier alpha value is -1.32. The van der Waals surface area contributed by atoms with Gasteiger partial charge in [-0.1, -0.05) is 6.92 Å². The van der Waals surface area contributed by atoms with Gasteiger partial charge in [-0.05, 0) is 25.2 Å². The van der Waals surface area contributed by atoms with Crippen molar-refractivity contribution in [2.75, 3.05) is 0 Å². The highest BCUT2D eigenvalue weighted by Gasteiger charge is 2.24. The van der Waals surface area contributed by atoms with Crippen molar-refractivity contribution in [3.63, 3.8) is 0 Å². The summed E-state index contributed by atoms with van der Waals surface area (Å²) in [5.74, 6) is -0.504. The molecular formula is C9H12N2O2. The van der Waals surface area contributed by atoms with Crippen LogP contribution in [0.2, 0.25) is 0 Å². The highest BCUT2D eigenvalue weighted by molar-refractivity contribution is 5.87. The van der Waals surface area contributed by atoms with Crippen LogP contribution in [0.1, 0.15) is 47.4 Å². The fourth-order valence-electron chi connectivity index (χ4n) is 1.95. The number of carbonyl (C=O) groups is 1. The first-order valence-electron chi connectivity index (χ1n) is 4.50. The van der Waals surface area contributed by atoms with Gasteiger partial charge in [0.05, 0.1) is 0 Å². The monoisotopic (exact) mass is 180 g/mol. The average Bonchev–Trinajstić information content (AvgIpc) is 2.48. The van der Waals surface area contributed by atoms with Crippen LogP contribution >= 0.6 is 0 Å². The van der Waals surface area contributed by atoms with E-state index >= 15 is 0 Å². The molecule has 1 aromatic rings. The third kappa shape index (κ3) is 1.22. The molecule has 13 heavy (non-hydrogen) atoms. The van der Waals surface area contributed by atoms with Gasteiger partial charge in [-0.3, -0.25) is 5.10 Å². The van der Waals surface area contributed by atoms with Crippen LogP contribution in [-0.2, 0) is 6.42 Å². The quantitative estimate of drug-likeness (QED) is 0.689. The van der Waals surface area contributed by atoms with Crippen LogP contribution < -0.4 is 0 Å². The molecule has 0 aliphatic heterocycles. The summed E-state index contributed by atoms with van der Waals surface area (Å²) in [6.45, 7) is 2.10. The van der Waals surface area contributed by atoms with E-state index in [1.165, 1.54) is 0 Å². The van der Waals surface area contributed by atoms with Gasteiger partial charge >= 0.3 is 5.97 Å². The Bertz CT molecular complexity index is 343. The molecule has 0 saturated heterocycles. The molecular weight excluding hydrogens is 168 g/mol. The zero-order chi connectivity index (χ0) is 9.42. The minimum Gasteiger partial charge on any atom is -0.476 e. The minimum absolute atomic E-state index is 0.210. The molecule has 0 fully saturated rings. The van der Waals surface area contributed by atoms with Crippen LogP contribution in [0, 0.1) is 0 Å². The highest BCUT2D eigenvalue weighted by Crippen LogP contribution is 2.30. The lowest BCUT2D eigenvalue weighted by molar-refractivity contribution is 0.0689. The minimum atomic E-state index is -0.924. The van der Waals surface area contributed by atoms with E-state index < -0.39 is 5.97 Å². The van der Waals surface area contributed by atoms with E-state index in [9.17, 15) is 4.79 Å². The molecule has 0 radical (unpaired) electrons. The maximum Gasteiger partial charge on any atom is 0.356 e. The summed E-state index contributed by atoms with van der Waals surface area (Å²) in [4.78, 5) is 10.8. The predicted octanol–water partition coefficient (Wildman–Crippen LogP) is 1.55. The largest absolute Gasteiger partial charge is 0.476 e. The third-order valence-corrected chi connectivity index (χ3v) is 2.66. The summed E-state index contributed by atoms with van der Waals surface area (Å²) in [6, 6.07) is 0. The number of nitrogens with one attached hydrogen (secondary N) is 1. The molecule has 4 heteroatoms. The lowest BCUT2D eigenvalue weighted by Gasteiger charge is -2.17. The molecule has 1 heterocycles. The predicted molar refractivity (Wildman–Crippen MR) is 46.9 cm³/mol. The fourth-order valence-corrected chi connectivity index (χ4v) is 1.95. The first-order chi connectivity index (χ1) is 6.20. The van der Waals surface area contributed by atoms with Crippen molar-refractivity contribution < 1.29 is 9.90 Å². The number of aromatic nitrogens is 2. The van der Waals surface area contributed by atoms with Crippen LogP contribution in [0.25, 0.3) is 0 Å². The standard InChI is InChI=1S/C9H12N2O2/c1-5-3-2-4-6-7(5)10-11-8(6)9(12)13/h5H,2-4H2,1H3,(H,10,11)(H,12,13)/t5-/m1/s1. The van der Waals surface area contributed by atoms with Gasteiger partial charge in [-0.15, -0.1) is 0 Å². The summed E-state index contributed by atoms with van der Waals surface area (Å²) < 4.78 is 0. The van der Waals surface area contributed by atoms with Gasteiger partial charge in [0.15, 0.2) is 5.69 Å². The van der Waals surface area contributed by atoms with Gasteiger partial charge in [0.25, 0.3) is 0 Å². The molecule has 2 N–H and O–H groups in total. The molecule has 4 nitrogen and oxygen atoms in total. The van der Waals surface area contributed by atoms with Crippen LogP contribution in [0.4, 0.5) is 0 Å². The molecule has 70 valence electrons. The van der Waals surface area contributed by atoms with Gasteiger partial charge in [-0.25, -0.2) is 4.79 Å². The summed E-state index contributed by atoms with van der Waals surface area (Å²) in [7, 11) is 0. The molecule has 0 amide bonds. The van der Waals surface area contributed by atoms with Crippen molar-refractivity contribution in [2.45, 2.75) is 32.1 Å².